The Morgan fingerprint density at radius 3 is 2.76 bits per heavy atom. The average molecular weight is 438 g/mol. The largest absolute Gasteiger partial charge is 0.495 e. The Morgan fingerprint density at radius 2 is 2.08 bits per heavy atom. The molecular weight excluding hydrogens is 424 g/mol. The fourth-order valence-corrected chi connectivity index (χ4v) is 3.83. The van der Waals surface area contributed by atoms with E-state index in [9.17, 15) is 4.79 Å². The van der Waals surface area contributed by atoms with Gasteiger partial charge >= 0.3 is 0 Å². The Morgan fingerprint density at radius 1 is 1.28 bits per heavy atom. The van der Waals surface area contributed by atoms with E-state index in [1.807, 2.05) is 31.2 Å². The first-order valence-corrected chi connectivity index (χ1v) is 9.34. The summed E-state index contributed by atoms with van der Waals surface area (Å²) in [6.07, 6.45) is 1.78. The second kappa shape index (κ2) is 7.64. The predicted octanol–water partition coefficient (Wildman–Crippen LogP) is 5.31. The number of hydrogen-bond donors (Lipinski definition) is 1. The maximum atomic E-state index is 12.2. The molecule has 3 rings (SSSR count). The fourth-order valence-electron chi connectivity index (χ4n) is 2.26. The second-order valence-electron chi connectivity index (χ2n) is 5.31. The summed E-state index contributed by atoms with van der Waals surface area (Å²) in [5.74, 6) is 0.422. The van der Waals surface area contributed by atoms with E-state index < -0.39 is 0 Å². The molecule has 0 atom stereocenters. The topological polar surface area (TPSA) is 50.7 Å². The summed E-state index contributed by atoms with van der Waals surface area (Å²) >= 11 is 10.9. The molecule has 1 fully saturated rings. The van der Waals surface area contributed by atoms with Gasteiger partial charge in [-0.05, 0) is 66.2 Å². The molecule has 1 heterocycles. The van der Waals surface area contributed by atoms with Crippen LogP contribution in [0.4, 0.5) is 5.69 Å². The summed E-state index contributed by atoms with van der Waals surface area (Å²) in [6, 6.07) is 11.2. The maximum Gasteiger partial charge on any atom is 0.264 e. The van der Waals surface area contributed by atoms with Crippen molar-refractivity contribution in [1.29, 1.82) is 0 Å². The van der Waals surface area contributed by atoms with Crippen LogP contribution in [-0.2, 0) is 4.79 Å². The molecule has 2 aromatic carbocycles. The average Bonchev–Trinajstić information content (AvgIpc) is 2.90. The van der Waals surface area contributed by atoms with Gasteiger partial charge in [-0.1, -0.05) is 33.6 Å². The molecule has 0 saturated carbocycles. The van der Waals surface area contributed by atoms with Crippen molar-refractivity contribution in [1.82, 2.24) is 5.32 Å². The first-order chi connectivity index (χ1) is 12.0. The van der Waals surface area contributed by atoms with Gasteiger partial charge in [-0.15, -0.1) is 0 Å². The highest BCUT2D eigenvalue weighted by molar-refractivity contribution is 9.10. The van der Waals surface area contributed by atoms with Gasteiger partial charge in [0.2, 0.25) is 0 Å². The zero-order valence-corrected chi connectivity index (χ0v) is 16.6. The molecule has 7 heteroatoms. The van der Waals surface area contributed by atoms with Gasteiger partial charge in [-0.3, -0.25) is 4.79 Å². The van der Waals surface area contributed by atoms with Gasteiger partial charge in [0.05, 0.1) is 22.7 Å². The third-order valence-electron chi connectivity index (χ3n) is 3.51. The minimum Gasteiger partial charge on any atom is -0.495 e. The van der Waals surface area contributed by atoms with Crippen molar-refractivity contribution in [3.05, 3.63) is 61.9 Å². The highest BCUT2D eigenvalue weighted by Gasteiger charge is 2.24. The Balaban J connectivity index is 1.84. The van der Waals surface area contributed by atoms with Gasteiger partial charge in [0, 0.05) is 4.47 Å². The molecule has 1 amide bonds. The number of ether oxygens (including phenoxy) is 1. The van der Waals surface area contributed by atoms with E-state index in [0.717, 1.165) is 21.3 Å². The maximum absolute atomic E-state index is 12.2. The van der Waals surface area contributed by atoms with Crippen LogP contribution in [0.3, 0.4) is 0 Å². The molecule has 0 bridgehead atoms. The molecule has 25 heavy (non-hydrogen) atoms. The van der Waals surface area contributed by atoms with Crippen LogP contribution in [0, 0.1) is 6.92 Å². The molecule has 1 aliphatic rings. The predicted molar refractivity (Wildman–Crippen MR) is 108 cm³/mol. The zero-order chi connectivity index (χ0) is 18.0. The van der Waals surface area contributed by atoms with Crippen LogP contribution in [0.15, 0.2) is 50.8 Å². The van der Waals surface area contributed by atoms with E-state index in [-0.39, 0.29) is 5.91 Å². The zero-order valence-electron chi connectivity index (χ0n) is 13.5. The van der Waals surface area contributed by atoms with Crippen molar-refractivity contribution in [2.45, 2.75) is 6.92 Å². The number of amidine groups is 1. The number of halogens is 2. The number of carbonyl (C=O) groups excluding carboxylic acids is 1. The fraction of sp³-hybridized carbons (Fsp3) is 0.111. The van der Waals surface area contributed by atoms with Crippen molar-refractivity contribution in [2.24, 2.45) is 4.99 Å². The number of benzene rings is 2. The lowest BCUT2D eigenvalue weighted by Gasteiger charge is -2.03. The molecular formula is C18H14BrClN2O2S. The number of thioether (sulfide) groups is 1. The molecule has 4 nitrogen and oxygen atoms in total. The van der Waals surface area contributed by atoms with Crippen molar-refractivity contribution < 1.29 is 9.53 Å². The molecule has 1 aliphatic heterocycles. The SMILES string of the molecule is COc1ccc(/C=C2\SC(=Nc3ccc(Br)cc3C)NC2=O)cc1Cl. The van der Waals surface area contributed by atoms with E-state index >= 15 is 0 Å². The molecule has 0 spiro atoms. The van der Waals surface area contributed by atoms with Gasteiger partial charge < -0.3 is 10.1 Å². The summed E-state index contributed by atoms with van der Waals surface area (Å²) in [5.41, 5.74) is 2.67. The number of amides is 1. The number of carbonyl (C=O) groups is 1. The van der Waals surface area contributed by atoms with Gasteiger partial charge in [0.1, 0.15) is 5.75 Å². The second-order valence-corrected chi connectivity index (χ2v) is 7.66. The number of aryl methyl sites for hydroxylation is 1. The van der Waals surface area contributed by atoms with Crippen LogP contribution in [-0.4, -0.2) is 18.2 Å². The van der Waals surface area contributed by atoms with Crippen molar-refractivity contribution in [3.8, 4) is 5.75 Å². The molecule has 1 N–H and O–H groups in total. The molecule has 1 saturated heterocycles. The number of nitrogens with one attached hydrogen (secondary N) is 1. The van der Waals surface area contributed by atoms with Gasteiger partial charge in [0.15, 0.2) is 5.17 Å². The Kier molecular flexibility index (Phi) is 5.51. The van der Waals surface area contributed by atoms with Gasteiger partial charge in [0.25, 0.3) is 5.91 Å². The molecule has 128 valence electrons. The van der Waals surface area contributed by atoms with Crippen LogP contribution in [0.5, 0.6) is 5.75 Å². The number of hydrogen-bond acceptors (Lipinski definition) is 4. The van der Waals surface area contributed by atoms with E-state index in [2.05, 4.69) is 26.2 Å². The summed E-state index contributed by atoms with van der Waals surface area (Å²) in [4.78, 5) is 17.3. The van der Waals surface area contributed by atoms with E-state index in [4.69, 9.17) is 16.3 Å². The summed E-state index contributed by atoms with van der Waals surface area (Å²) in [6.45, 7) is 1.97. The number of methoxy groups -OCH3 is 1. The van der Waals surface area contributed by atoms with E-state index in [1.54, 1.807) is 25.3 Å². The third kappa shape index (κ3) is 4.26. The van der Waals surface area contributed by atoms with Crippen LogP contribution < -0.4 is 10.1 Å². The van der Waals surface area contributed by atoms with Crippen LogP contribution in [0.1, 0.15) is 11.1 Å². The highest BCUT2D eigenvalue weighted by Crippen LogP contribution is 2.31. The Labute approximate surface area is 163 Å². The third-order valence-corrected chi connectivity index (χ3v) is 5.20. The number of rotatable bonds is 3. The lowest BCUT2D eigenvalue weighted by molar-refractivity contribution is -0.115. The minimum absolute atomic E-state index is 0.176. The summed E-state index contributed by atoms with van der Waals surface area (Å²) in [7, 11) is 1.56. The lowest BCUT2D eigenvalue weighted by atomic mass is 10.2. The Bertz CT molecular complexity index is 912. The monoisotopic (exact) mass is 436 g/mol. The minimum atomic E-state index is -0.176. The molecule has 0 aromatic heterocycles. The van der Waals surface area contributed by atoms with Crippen LogP contribution in [0.2, 0.25) is 5.02 Å². The quantitative estimate of drug-likeness (QED) is 0.662. The first kappa shape index (κ1) is 18.0. The molecule has 0 unspecified atom stereocenters. The van der Waals surface area contributed by atoms with Crippen molar-refractivity contribution in [2.75, 3.05) is 7.11 Å². The van der Waals surface area contributed by atoms with Crippen LogP contribution >= 0.6 is 39.3 Å². The van der Waals surface area contributed by atoms with Crippen molar-refractivity contribution in [3.63, 3.8) is 0 Å². The highest BCUT2D eigenvalue weighted by atomic mass is 79.9. The normalized spacial score (nSPS) is 17.2. The smallest absolute Gasteiger partial charge is 0.264 e. The van der Waals surface area contributed by atoms with Gasteiger partial charge in [-0.25, -0.2) is 4.99 Å². The van der Waals surface area contributed by atoms with Gasteiger partial charge in [-0.2, -0.15) is 0 Å². The summed E-state index contributed by atoms with van der Waals surface area (Å²) < 4.78 is 6.13. The number of aliphatic imine (C=N–C) groups is 1. The first-order valence-electron chi connectivity index (χ1n) is 7.35. The molecule has 2 aromatic rings. The van der Waals surface area contributed by atoms with E-state index in [0.29, 0.717) is 20.8 Å². The standard InChI is InChI=1S/C18H14BrClN2O2S/c1-10-7-12(19)4-5-14(10)21-18-22-17(23)16(25-18)9-11-3-6-15(24-2)13(20)8-11/h3-9H,1-2H3,(H,21,22,23)/b16-9-. The lowest BCUT2D eigenvalue weighted by Crippen LogP contribution is -2.19. The Hall–Kier alpha value is -1.76. The number of nitrogens with zero attached hydrogens (tertiary/aromatic N) is 1. The van der Waals surface area contributed by atoms with Crippen molar-refractivity contribution >= 4 is 62.1 Å². The molecule has 0 aliphatic carbocycles. The molecule has 0 radical (unpaired) electrons. The van der Waals surface area contributed by atoms with Crippen LogP contribution in [0.25, 0.3) is 6.08 Å². The summed E-state index contributed by atoms with van der Waals surface area (Å²) in [5, 5.41) is 3.84. The van der Waals surface area contributed by atoms with E-state index in [1.165, 1.54) is 11.8 Å².